The Bertz CT molecular complexity index is 667. The molecule has 2 aliphatic rings. The summed E-state index contributed by atoms with van der Waals surface area (Å²) < 4.78 is 0. The van der Waals surface area contributed by atoms with Crippen LogP contribution in [-0.2, 0) is 6.54 Å². The third-order valence-electron chi connectivity index (χ3n) is 4.58. The number of rotatable bonds is 3. The van der Waals surface area contributed by atoms with Crippen LogP contribution in [0.4, 0.5) is 10.5 Å². The van der Waals surface area contributed by atoms with Crippen molar-refractivity contribution >= 4 is 17.7 Å². The Morgan fingerprint density at radius 1 is 1.35 bits per heavy atom. The molecule has 0 radical (unpaired) electrons. The molecule has 122 valence electrons. The minimum Gasteiger partial charge on any atom is -0.465 e. The van der Waals surface area contributed by atoms with Gasteiger partial charge in [-0.2, -0.15) is 0 Å². The van der Waals surface area contributed by atoms with Crippen LogP contribution in [-0.4, -0.2) is 51.5 Å². The first-order valence-electron chi connectivity index (χ1n) is 7.51. The Morgan fingerprint density at radius 3 is 2.65 bits per heavy atom. The van der Waals surface area contributed by atoms with Gasteiger partial charge in [-0.05, 0) is 24.8 Å². The van der Waals surface area contributed by atoms with Crippen molar-refractivity contribution in [3.8, 4) is 0 Å². The maximum absolute atomic E-state index is 12.4. The molecule has 2 heterocycles. The predicted molar refractivity (Wildman–Crippen MR) is 80.2 cm³/mol. The summed E-state index contributed by atoms with van der Waals surface area (Å²) in [6.45, 7) is 1.70. The lowest BCUT2D eigenvalue weighted by atomic mass is 9.96. The van der Waals surface area contributed by atoms with Gasteiger partial charge in [-0.25, -0.2) is 4.79 Å². The first-order chi connectivity index (χ1) is 11.0. The van der Waals surface area contributed by atoms with Gasteiger partial charge in [0, 0.05) is 25.7 Å². The van der Waals surface area contributed by atoms with Crippen molar-refractivity contribution in [2.45, 2.75) is 19.4 Å². The quantitative estimate of drug-likeness (QED) is 0.677. The molecule has 1 aromatic rings. The Kier molecular flexibility index (Phi) is 3.89. The van der Waals surface area contributed by atoms with Crippen LogP contribution < -0.4 is 0 Å². The van der Waals surface area contributed by atoms with Gasteiger partial charge < -0.3 is 14.9 Å². The van der Waals surface area contributed by atoms with E-state index in [9.17, 15) is 19.7 Å². The Hall–Kier alpha value is -2.64. The molecule has 1 N–H and O–H groups in total. The number of nitrogens with zero attached hydrogens (tertiary/aromatic N) is 3. The molecule has 0 saturated carbocycles. The van der Waals surface area contributed by atoms with E-state index in [2.05, 4.69) is 0 Å². The lowest BCUT2D eigenvalue weighted by Gasteiger charge is -2.32. The molecule has 2 aliphatic heterocycles. The van der Waals surface area contributed by atoms with E-state index < -0.39 is 11.0 Å². The third kappa shape index (κ3) is 2.84. The van der Waals surface area contributed by atoms with E-state index in [4.69, 9.17) is 5.11 Å². The highest BCUT2D eigenvalue weighted by Gasteiger charge is 2.35. The highest BCUT2D eigenvalue weighted by atomic mass is 16.6. The van der Waals surface area contributed by atoms with Crippen LogP contribution >= 0.6 is 0 Å². The van der Waals surface area contributed by atoms with Crippen molar-refractivity contribution in [3.63, 3.8) is 0 Å². The number of hydrogen-bond acceptors (Lipinski definition) is 4. The summed E-state index contributed by atoms with van der Waals surface area (Å²) in [5, 5.41) is 20.0. The Labute approximate surface area is 132 Å². The Morgan fingerprint density at radius 2 is 2.04 bits per heavy atom. The normalized spacial score (nSPS) is 18.2. The summed E-state index contributed by atoms with van der Waals surface area (Å²) >= 11 is 0. The van der Waals surface area contributed by atoms with Crippen LogP contribution in [0, 0.1) is 16.0 Å². The van der Waals surface area contributed by atoms with Crippen molar-refractivity contribution in [2.24, 2.45) is 5.92 Å². The first kappa shape index (κ1) is 15.3. The average Bonchev–Trinajstić information content (AvgIpc) is 2.84. The molecule has 0 bridgehead atoms. The molecule has 1 aromatic carbocycles. The minimum atomic E-state index is -0.913. The highest BCUT2D eigenvalue weighted by molar-refractivity contribution is 5.99. The van der Waals surface area contributed by atoms with Gasteiger partial charge in [0.25, 0.3) is 11.6 Å². The second-order valence-corrected chi connectivity index (χ2v) is 5.96. The van der Waals surface area contributed by atoms with Crippen LogP contribution in [0.2, 0.25) is 0 Å². The molecular weight excluding hydrogens is 302 g/mol. The largest absolute Gasteiger partial charge is 0.465 e. The van der Waals surface area contributed by atoms with Crippen LogP contribution in [0.1, 0.15) is 28.8 Å². The van der Waals surface area contributed by atoms with Gasteiger partial charge in [-0.3, -0.25) is 14.9 Å². The van der Waals surface area contributed by atoms with E-state index in [1.807, 2.05) is 0 Å². The molecule has 2 amide bonds. The standard InChI is InChI=1S/C15H17N3O5/c19-14-11-2-1-3-13(18(22)23)12(11)9-17(14)8-10-4-6-16(7-5-10)15(20)21/h1-3,10H,4-9H2,(H,20,21). The Balaban J connectivity index is 1.68. The zero-order chi connectivity index (χ0) is 16.6. The summed E-state index contributed by atoms with van der Waals surface area (Å²) in [7, 11) is 0. The number of nitro groups is 1. The maximum atomic E-state index is 12.4. The highest BCUT2D eigenvalue weighted by Crippen LogP contribution is 2.32. The summed E-state index contributed by atoms with van der Waals surface area (Å²) in [4.78, 5) is 37.0. The van der Waals surface area contributed by atoms with Crippen molar-refractivity contribution in [1.29, 1.82) is 0 Å². The van der Waals surface area contributed by atoms with Gasteiger partial charge in [0.15, 0.2) is 0 Å². The molecule has 3 rings (SSSR count). The molecule has 8 heteroatoms. The average molecular weight is 319 g/mol. The molecule has 0 aliphatic carbocycles. The fraction of sp³-hybridized carbons (Fsp3) is 0.467. The molecule has 1 fully saturated rings. The number of carboxylic acid groups (broad SMARTS) is 1. The van der Waals surface area contributed by atoms with Gasteiger partial charge in [0.1, 0.15) is 0 Å². The van der Waals surface area contributed by atoms with Crippen molar-refractivity contribution < 1.29 is 19.6 Å². The summed E-state index contributed by atoms with van der Waals surface area (Å²) in [6.07, 6.45) is 0.493. The molecule has 8 nitrogen and oxygen atoms in total. The van der Waals surface area contributed by atoms with Gasteiger partial charge in [-0.1, -0.05) is 6.07 Å². The van der Waals surface area contributed by atoms with Gasteiger partial charge in [0.2, 0.25) is 0 Å². The van der Waals surface area contributed by atoms with Crippen LogP contribution in [0.3, 0.4) is 0 Å². The fourth-order valence-corrected chi connectivity index (χ4v) is 3.31. The second-order valence-electron chi connectivity index (χ2n) is 5.96. The number of nitro benzene ring substituents is 1. The van der Waals surface area contributed by atoms with E-state index in [-0.39, 0.29) is 24.1 Å². The molecule has 0 unspecified atom stereocenters. The zero-order valence-corrected chi connectivity index (χ0v) is 12.5. The predicted octanol–water partition coefficient (Wildman–Crippen LogP) is 1.94. The van der Waals surface area contributed by atoms with E-state index >= 15 is 0 Å². The minimum absolute atomic E-state index is 0.0148. The number of carbonyl (C=O) groups is 2. The monoisotopic (exact) mass is 319 g/mol. The molecular formula is C15H17N3O5. The first-order valence-corrected chi connectivity index (χ1v) is 7.51. The molecule has 0 aromatic heterocycles. The van der Waals surface area contributed by atoms with Crippen LogP contribution in [0.25, 0.3) is 0 Å². The van der Waals surface area contributed by atoms with Crippen LogP contribution in [0.15, 0.2) is 18.2 Å². The van der Waals surface area contributed by atoms with E-state index in [0.717, 1.165) is 0 Å². The van der Waals surface area contributed by atoms with E-state index in [1.165, 1.54) is 17.0 Å². The summed E-state index contributed by atoms with van der Waals surface area (Å²) in [5.74, 6) is 0.0484. The van der Waals surface area contributed by atoms with Gasteiger partial charge in [-0.15, -0.1) is 0 Å². The lowest BCUT2D eigenvalue weighted by Crippen LogP contribution is -2.41. The maximum Gasteiger partial charge on any atom is 0.407 e. The van der Waals surface area contributed by atoms with Crippen molar-refractivity contribution in [3.05, 3.63) is 39.4 Å². The number of likely N-dealkylation sites (tertiary alicyclic amines) is 1. The molecule has 0 atom stereocenters. The SMILES string of the molecule is O=C(O)N1CCC(CN2Cc3c(cccc3[N+](=O)[O-])C2=O)CC1. The third-order valence-corrected chi connectivity index (χ3v) is 4.58. The smallest absolute Gasteiger partial charge is 0.407 e. The van der Waals surface area contributed by atoms with Gasteiger partial charge >= 0.3 is 6.09 Å². The van der Waals surface area contributed by atoms with E-state index in [0.29, 0.717) is 43.6 Å². The molecule has 1 saturated heterocycles. The van der Waals surface area contributed by atoms with Crippen LogP contribution in [0.5, 0.6) is 0 Å². The summed E-state index contributed by atoms with van der Waals surface area (Å²) in [5.41, 5.74) is 0.867. The van der Waals surface area contributed by atoms with Crippen molar-refractivity contribution in [1.82, 2.24) is 9.80 Å². The number of hydrogen-bond donors (Lipinski definition) is 1. The topological polar surface area (TPSA) is 104 Å². The van der Waals surface area contributed by atoms with E-state index in [1.54, 1.807) is 11.0 Å². The number of benzene rings is 1. The molecule has 0 spiro atoms. The number of amides is 2. The number of fused-ring (bicyclic) bond motifs is 1. The number of carbonyl (C=O) groups excluding carboxylic acids is 1. The fourth-order valence-electron chi connectivity index (χ4n) is 3.31. The van der Waals surface area contributed by atoms with Crippen molar-refractivity contribution in [2.75, 3.05) is 19.6 Å². The zero-order valence-electron chi connectivity index (χ0n) is 12.5. The summed E-state index contributed by atoms with van der Waals surface area (Å²) in [6, 6.07) is 4.57. The van der Waals surface area contributed by atoms with Gasteiger partial charge in [0.05, 0.1) is 22.6 Å². The second kappa shape index (κ2) is 5.86. The molecule has 23 heavy (non-hydrogen) atoms. The number of piperidine rings is 1. The lowest BCUT2D eigenvalue weighted by molar-refractivity contribution is -0.385.